The number of ether oxygens (including phenoxy) is 2. The zero-order chi connectivity index (χ0) is 10.6. The van der Waals surface area contributed by atoms with Crippen LogP contribution in [0.2, 0.25) is 5.02 Å². The minimum absolute atomic E-state index is 0.0138. The van der Waals surface area contributed by atoms with Crippen LogP contribution in [-0.2, 0) is 0 Å². The lowest BCUT2D eigenvalue weighted by Gasteiger charge is -2.10. The second kappa shape index (κ2) is 4.64. The van der Waals surface area contributed by atoms with Gasteiger partial charge in [0, 0.05) is 12.1 Å². The van der Waals surface area contributed by atoms with Crippen molar-refractivity contribution in [3.63, 3.8) is 0 Å². The first kappa shape index (κ1) is 10.6. The lowest BCUT2D eigenvalue weighted by Crippen LogP contribution is -1.97. The number of halogens is 1. The number of benzene rings is 1. The standard InChI is InChI=1S/C10H9ClO3/c1-3-4-14-10-8(11)5-7(12)6-9(10)13-2/h1,5-6,12H,4H2,2H3. The molecule has 0 spiro atoms. The van der Waals surface area contributed by atoms with Gasteiger partial charge in [0.1, 0.15) is 12.4 Å². The first-order chi connectivity index (χ1) is 6.69. The van der Waals surface area contributed by atoms with Gasteiger partial charge in [-0.15, -0.1) is 6.42 Å². The number of methoxy groups -OCH3 is 1. The number of terminal acetylenes is 1. The molecule has 0 bridgehead atoms. The van der Waals surface area contributed by atoms with Gasteiger partial charge in [0.2, 0.25) is 0 Å². The molecule has 0 aliphatic rings. The molecule has 0 fully saturated rings. The summed E-state index contributed by atoms with van der Waals surface area (Å²) < 4.78 is 10.1. The number of phenolic OH excluding ortho intramolecular Hbond substituents is 1. The van der Waals surface area contributed by atoms with Gasteiger partial charge >= 0.3 is 0 Å². The molecular formula is C10H9ClO3. The van der Waals surface area contributed by atoms with Gasteiger partial charge in [0.25, 0.3) is 0 Å². The summed E-state index contributed by atoms with van der Waals surface area (Å²) in [5, 5.41) is 9.48. The van der Waals surface area contributed by atoms with Gasteiger partial charge in [-0.05, 0) is 0 Å². The molecule has 0 aliphatic carbocycles. The van der Waals surface area contributed by atoms with Crippen LogP contribution in [0.15, 0.2) is 12.1 Å². The molecule has 0 radical (unpaired) electrons. The van der Waals surface area contributed by atoms with Gasteiger partial charge in [-0.1, -0.05) is 17.5 Å². The second-order valence-electron chi connectivity index (χ2n) is 2.45. The van der Waals surface area contributed by atoms with Crippen molar-refractivity contribution in [1.82, 2.24) is 0 Å². The van der Waals surface area contributed by atoms with Crippen molar-refractivity contribution in [2.45, 2.75) is 0 Å². The Morgan fingerprint density at radius 1 is 1.57 bits per heavy atom. The summed E-state index contributed by atoms with van der Waals surface area (Å²) >= 11 is 5.82. The van der Waals surface area contributed by atoms with E-state index in [-0.39, 0.29) is 17.4 Å². The summed E-state index contributed by atoms with van der Waals surface area (Å²) in [6.07, 6.45) is 5.04. The summed E-state index contributed by atoms with van der Waals surface area (Å²) in [7, 11) is 1.45. The Hall–Kier alpha value is -1.53. The first-order valence-corrected chi connectivity index (χ1v) is 4.19. The Kier molecular flexibility index (Phi) is 3.49. The molecule has 0 saturated carbocycles. The summed E-state index contributed by atoms with van der Waals surface area (Å²) in [5.41, 5.74) is 0. The Labute approximate surface area is 87.2 Å². The van der Waals surface area contributed by atoms with E-state index in [0.29, 0.717) is 11.5 Å². The van der Waals surface area contributed by atoms with Crippen LogP contribution < -0.4 is 9.47 Å². The molecule has 3 nitrogen and oxygen atoms in total. The molecule has 0 aliphatic heterocycles. The zero-order valence-corrected chi connectivity index (χ0v) is 8.34. The van der Waals surface area contributed by atoms with Crippen molar-refractivity contribution < 1.29 is 14.6 Å². The monoisotopic (exact) mass is 212 g/mol. The number of rotatable bonds is 3. The molecule has 74 valence electrons. The quantitative estimate of drug-likeness (QED) is 0.780. The van der Waals surface area contributed by atoms with Gasteiger partial charge in [0.15, 0.2) is 11.5 Å². The number of phenols is 1. The molecular weight excluding hydrogens is 204 g/mol. The predicted octanol–water partition coefficient (Wildman–Crippen LogP) is 2.07. The average molecular weight is 213 g/mol. The van der Waals surface area contributed by atoms with Gasteiger partial charge in [-0.2, -0.15) is 0 Å². The lowest BCUT2D eigenvalue weighted by molar-refractivity contribution is 0.329. The third-order valence-corrected chi connectivity index (χ3v) is 1.79. The van der Waals surface area contributed by atoms with E-state index < -0.39 is 0 Å². The van der Waals surface area contributed by atoms with Crippen LogP contribution in [0.25, 0.3) is 0 Å². The minimum atomic E-state index is 0.0138. The van der Waals surface area contributed by atoms with Gasteiger partial charge in [0.05, 0.1) is 12.1 Å². The predicted molar refractivity (Wildman–Crippen MR) is 54.0 cm³/mol. The van der Waals surface area contributed by atoms with Crippen LogP contribution in [0, 0.1) is 12.3 Å². The highest BCUT2D eigenvalue weighted by Crippen LogP contribution is 2.38. The van der Waals surface area contributed by atoms with Crippen molar-refractivity contribution in [2.24, 2.45) is 0 Å². The molecule has 0 atom stereocenters. The maximum atomic E-state index is 9.21. The van der Waals surface area contributed by atoms with Crippen molar-refractivity contribution >= 4 is 11.6 Å². The molecule has 14 heavy (non-hydrogen) atoms. The van der Waals surface area contributed by atoms with E-state index in [1.807, 2.05) is 0 Å². The van der Waals surface area contributed by atoms with Crippen LogP contribution in [0.5, 0.6) is 17.2 Å². The smallest absolute Gasteiger partial charge is 0.181 e. The highest BCUT2D eigenvalue weighted by atomic mass is 35.5. The minimum Gasteiger partial charge on any atom is -0.508 e. The van der Waals surface area contributed by atoms with Gasteiger partial charge in [-0.25, -0.2) is 0 Å². The zero-order valence-electron chi connectivity index (χ0n) is 7.58. The van der Waals surface area contributed by atoms with Crippen LogP contribution in [0.4, 0.5) is 0 Å². The Bertz CT molecular complexity index is 368. The summed E-state index contributed by atoms with van der Waals surface area (Å²) in [4.78, 5) is 0. The third-order valence-electron chi connectivity index (χ3n) is 1.51. The molecule has 0 saturated heterocycles. The Morgan fingerprint density at radius 2 is 2.29 bits per heavy atom. The maximum absolute atomic E-state index is 9.21. The summed E-state index contributed by atoms with van der Waals surface area (Å²) in [6.45, 7) is 0.0981. The van der Waals surface area contributed by atoms with Crippen LogP contribution >= 0.6 is 11.6 Å². The van der Waals surface area contributed by atoms with E-state index in [0.717, 1.165) is 0 Å². The molecule has 0 heterocycles. The van der Waals surface area contributed by atoms with Crippen LogP contribution in [-0.4, -0.2) is 18.8 Å². The van der Waals surface area contributed by atoms with Crippen LogP contribution in [0.3, 0.4) is 0 Å². The summed E-state index contributed by atoms with van der Waals surface area (Å²) in [6, 6.07) is 2.76. The van der Waals surface area contributed by atoms with Crippen molar-refractivity contribution in [3.8, 4) is 29.6 Å². The molecule has 0 unspecified atom stereocenters. The number of hydrogen-bond donors (Lipinski definition) is 1. The SMILES string of the molecule is C#CCOc1c(Cl)cc(O)cc1OC. The fourth-order valence-corrected chi connectivity index (χ4v) is 1.22. The van der Waals surface area contributed by atoms with Crippen molar-refractivity contribution in [2.75, 3.05) is 13.7 Å². The fourth-order valence-electron chi connectivity index (χ4n) is 0.960. The van der Waals surface area contributed by atoms with E-state index in [1.165, 1.54) is 19.2 Å². The third kappa shape index (κ3) is 2.24. The highest BCUT2D eigenvalue weighted by molar-refractivity contribution is 6.32. The van der Waals surface area contributed by atoms with Crippen molar-refractivity contribution in [1.29, 1.82) is 0 Å². The summed E-state index contributed by atoms with van der Waals surface area (Å²) in [5.74, 6) is 3.01. The lowest BCUT2D eigenvalue weighted by atomic mass is 10.3. The maximum Gasteiger partial charge on any atom is 0.181 e. The Balaban J connectivity index is 3.06. The largest absolute Gasteiger partial charge is 0.508 e. The number of aromatic hydroxyl groups is 1. The van der Waals surface area contributed by atoms with Gasteiger partial charge < -0.3 is 14.6 Å². The van der Waals surface area contributed by atoms with E-state index in [9.17, 15) is 5.11 Å². The van der Waals surface area contributed by atoms with E-state index in [4.69, 9.17) is 27.5 Å². The highest BCUT2D eigenvalue weighted by Gasteiger charge is 2.10. The molecule has 4 heteroatoms. The Morgan fingerprint density at radius 3 is 2.86 bits per heavy atom. The number of hydrogen-bond acceptors (Lipinski definition) is 3. The molecule has 0 aromatic heterocycles. The van der Waals surface area contributed by atoms with E-state index >= 15 is 0 Å². The first-order valence-electron chi connectivity index (χ1n) is 3.81. The average Bonchev–Trinajstić information content (AvgIpc) is 2.15. The molecule has 1 aromatic rings. The van der Waals surface area contributed by atoms with E-state index in [2.05, 4.69) is 5.92 Å². The topological polar surface area (TPSA) is 38.7 Å². The molecule has 1 aromatic carbocycles. The molecule has 0 amide bonds. The fraction of sp³-hybridized carbons (Fsp3) is 0.200. The van der Waals surface area contributed by atoms with Crippen LogP contribution in [0.1, 0.15) is 0 Å². The normalized spacial score (nSPS) is 9.21. The van der Waals surface area contributed by atoms with Gasteiger partial charge in [-0.3, -0.25) is 0 Å². The molecule has 1 rings (SSSR count). The van der Waals surface area contributed by atoms with Crippen molar-refractivity contribution in [3.05, 3.63) is 17.2 Å². The second-order valence-corrected chi connectivity index (χ2v) is 2.86. The molecule has 1 N–H and O–H groups in total. The van der Waals surface area contributed by atoms with E-state index in [1.54, 1.807) is 0 Å².